The van der Waals surface area contributed by atoms with Crippen LogP contribution < -0.4 is 5.32 Å². The molecule has 1 aromatic rings. The second-order valence-electron chi connectivity index (χ2n) is 3.26. The molecule has 1 fully saturated rings. The third kappa shape index (κ3) is 3.31. The monoisotopic (exact) mass is 250 g/mol. The molecule has 1 aromatic heterocycles. The second-order valence-corrected chi connectivity index (χ2v) is 3.26. The van der Waals surface area contributed by atoms with Crippen molar-refractivity contribution in [3.8, 4) is 0 Å². The Bertz CT molecular complexity index is 271. The summed E-state index contributed by atoms with van der Waals surface area (Å²) >= 11 is 0. The van der Waals surface area contributed by atoms with Crippen molar-refractivity contribution in [2.75, 3.05) is 13.7 Å². The summed E-state index contributed by atoms with van der Waals surface area (Å²) < 4.78 is 5.64. The molecule has 1 N–H and O–H groups in total. The van der Waals surface area contributed by atoms with Gasteiger partial charge in [0.1, 0.15) is 0 Å². The molecule has 0 aliphatic carbocycles. The molecule has 0 bridgehead atoms. The lowest BCUT2D eigenvalue weighted by Crippen LogP contribution is -2.28. The molecular formula is C10H16Cl2N2O. The summed E-state index contributed by atoms with van der Waals surface area (Å²) in [5.41, 5.74) is 1.17. The zero-order valence-electron chi connectivity index (χ0n) is 8.55. The van der Waals surface area contributed by atoms with Crippen molar-refractivity contribution in [1.82, 2.24) is 10.3 Å². The van der Waals surface area contributed by atoms with E-state index in [1.54, 1.807) is 6.20 Å². The van der Waals surface area contributed by atoms with Gasteiger partial charge in [0, 0.05) is 30.6 Å². The van der Waals surface area contributed by atoms with Crippen LogP contribution in [-0.4, -0.2) is 24.7 Å². The van der Waals surface area contributed by atoms with Crippen LogP contribution in [0.25, 0.3) is 0 Å². The van der Waals surface area contributed by atoms with Crippen LogP contribution in [0, 0.1) is 0 Å². The van der Waals surface area contributed by atoms with Crippen molar-refractivity contribution in [3.05, 3.63) is 30.1 Å². The van der Waals surface area contributed by atoms with Gasteiger partial charge in [0.15, 0.2) is 0 Å². The number of hydrogen-bond donors (Lipinski definition) is 1. The molecule has 2 rings (SSSR count). The largest absolute Gasteiger partial charge is 0.372 e. The average molecular weight is 251 g/mol. The highest BCUT2D eigenvalue weighted by molar-refractivity contribution is 5.85. The quantitative estimate of drug-likeness (QED) is 0.872. The van der Waals surface area contributed by atoms with Crippen LogP contribution in [0.1, 0.15) is 18.1 Å². The van der Waals surface area contributed by atoms with Crippen LogP contribution in [0.2, 0.25) is 0 Å². The Labute approximate surface area is 102 Å². The van der Waals surface area contributed by atoms with E-state index in [4.69, 9.17) is 4.74 Å². The second kappa shape index (κ2) is 7.01. The van der Waals surface area contributed by atoms with Gasteiger partial charge in [0.2, 0.25) is 0 Å². The van der Waals surface area contributed by atoms with E-state index in [0.29, 0.717) is 6.04 Å². The van der Waals surface area contributed by atoms with E-state index in [0.717, 1.165) is 13.0 Å². The van der Waals surface area contributed by atoms with Crippen molar-refractivity contribution >= 4 is 24.8 Å². The first-order chi connectivity index (χ1) is 6.42. The van der Waals surface area contributed by atoms with Crippen molar-refractivity contribution in [2.45, 2.75) is 18.6 Å². The topological polar surface area (TPSA) is 34.1 Å². The van der Waals surface area contributed by atoms with Gasteiger partial charge >= 0.3 is 0 Å². The summed E-state index contributed by atoms with van der Waals surface area (Å²) in [7, 11) is 1.97. The summed E-state index contributed by atoms with van der Waals surface area (Å²) in [6.07, 6.45) is 4.92. The van der Waals surface area contributed by atoms with Gasteiger partial charge < -0.3 is 10.1 Å². The van der Waals surface area contributed by atoms with E-state index in [2.05, 4.69) is 16.4 Å². The highest BCUT2D eigenvalue weighted by Gasteiger charge is 2.27. The van der Waals surface area contributed by atoms with Crippen molar-refractivity contribution in [1.29, 1.82) is 0 Å². The van der Waals surface area contributed by atoms with Crippen LogP contribution >= 0.6 is 24.8 Å². The first-order valence-electron chi connectivity index (χ1n) is 4.60. The van der Waals surface area contributed by atoms with Crippen molar-refractivity contribution in [2.24, 2.45) is 0 Å². The standard InChI is InChI=1S/C10H14N2O.2ClH/c1-11-9-4-6-13-10(9)8-3-2-5-12-7-8;;/h2-3,5,7,9-11H,4,6H2,1H3;2*1H/t9-,10+;;/m1../s1. The van der Waals surface area contributed by atoms with Crippen LogP contribution in [0.15, 0.2) is 24.5 Å². The summed E-state index contributed by atoms with van der Waals surface area (Å²) in [6.45, 7) is 0.838. The predicted octanol–water partition coefficient (Wildman–Crippen LogP) is 1.97. The van der Waals surface area contributed by atoms with E-state index < -0.39 is 0 Å². The molecule has 0 unspecified atom stereocenters. The first-order valence-corrected chi connectivity index (χ1v) is 4.60. The Morgan fingerprint density at radius 2 is 2.27 bits per heavy atom. The number of rotatable bonds is 2. The lowest BCUT2D eigenvalue weighted by molar-refractivity contribution is 0.0999. The fraction of sp³-hybridized carbons (Fsp3) is 0.500. The van der Waals surface area contributed by atoms with Gasteiger partial charge in [-0.2, -0.15) is 0 Å². The number of likely N-dealkylation sites (N-methyl/N-ethyl adjacent to an activating group) is 1. The number of nitrogens with zero attached hydrogens (tertiary/aromatic N) is 1. The minimum Gasteiger partial charge on any atom is -0.372 e. The van der Waals surface area contributed by atoms with Crippen LogP contribution in [0.5, 0.6) is 0 Å². The van der Waals surface area contributed by atoms with Crippen molar-refractivity contribution < 1.29 is 4.74 Å². The molecule has 0 spiro atoms. The summed E-state index contributed by atoms with van der Waals surface area (Å²) in [4.78, 5) is 4.09. The molecule has 3 nitrogen and oxygen atoms in total. The normalized spacial score (nSPS) is 24.1. The molecule has 5 heteroatoms. The minimum atomic E-state index is 0. The Hall–Kier alpha value is -0.350. The minimum absolute atomic E-state index is 0. The summed E-state index contributed by atoms with van der Waals surface area (Å²) in [5, 5.41) is 3.26. The van der Waals surface area contributed by atoms with Gasteiger partial charge in [-0.25, -0.2) is 0 Å². The molecule has 1 aliphatic heterocycles. The van der Waals surface area contributed by atoms with Crippen LogP contribution in [0.3, 0.4) is 0 Å². The average Bonchev–Trinajstić information content (AvgIpc) is 2.67. The molecule has 0 radical (unpaired) electrons. The Morgan fingerprint density at radius 1 is 1.47 bits per heavy atom. The molecule has 2 atom stereocenters. The van der Waals surface area contributed by atoms with Crippen LogP contribution in [-0.2, 0) is 4.74 Å². The summed E-state index contributed by atoms with van der Waals surface area (Å²) in [6, 6.07) is 4.45. The van der Waals surface area contributed by atoms with E-state index >= 15 is 0 Å². The molecule has 0 aromatic carbocycles. The highest BCUT2D eigenvalue weighted by Crippen LogP contribution is 2.27. The third-order valence-corrected chi connectivity index (χ3v) is 2.48. The van der Waals surface area contributed by atoms with Crippen molar-refractivity contribution in [3.63, 3.8) is 0 Å². The van der Waals surface area contributed by atoms with Gasteiger partial charge in [0.25, 0.3) is 0 Å². The van der Waals surface area contributed by atoms with Gasteiger partial charge in [-0.15, -0.1) is 24.8 Å². The Kier molecular flexibility index (Phi) is 6.85. The number of hydrogen-bond acceptors (Lipinski definition) is 3. The third-order valence-electron chi connectivity index (χ3n) is 2.48. The maximum atomic E-state index is 5.64. The van der Waals surface area contributed by atoms with E-state index in [-0.39, 0.29) is 30.9 Å². The number of ether oxygens (including phenoxy) is 1. The molecule has 86 valence electrons. The fourth-order valence-electron chi connectivity index (χ4n) is 1.76. The van der Waals surface area contributed by atoms with E-state index in [1.165, 1.54) is 5.56 Å². The Balaban J connectivity index is 0.000000980. The molecule has 2 heterocycles. The lowest BCUT2D eigenvalue weighted by atomic mass is 10.0. The first kappa shape index (κ1) is 14.6. The predicted molar refractivity (Wildman–Crippen MR) is 64.9 cm³/mol. The number of pyridine rings is 1. The zero-order valence-corrected chi connectivity index (χ0v) is 10.2. The molecule has 15 heavy (non-hydrogen) atoms. The molecule has 1 saturated heterocycles. The fourth-order valence-corrected chi connectivity index (χ4v) is 1.76. The van der Waals surface area contributed by atoms with E-state index in [1.807, 2.05) is 19.3 Å². The molecule has 1 aliphatic rings. The Morgan fingerprint density at radius 3 is 2.87 bits per heavy atom. The van der Waals surface area contributed by atoms with Gasteiger partial charge in [0.05, 0.1) is 6.10 Å². The van der Waals surface area contributed by atoms with Crippen LogP contribution in [0.4, 0.5) is 0 Å². The van der Waals surface area contributed by atoms with Gasteiger partial charge in [-0.1, -0.05) is 6.07 Å². The molecule has 0 amide bonds. The SMILES string of the molecule is CN[C@@H]1CCO[C@H]1c1cccnc1.Cl.Cl. The summed E-state index contributed by atoms with van der Waals surface area (Å²) in [5.74, 6) is 0. The van der Waals surface area contributed by atoms with E-state index in [9.17, 15) is 0 Å². The zero-order chi connectivity index (χ0) is 9.10. The number of nitrogens with one attached hydrogen (secondary N) is 1. The number of halogens is 2. The molecule has 0 saturated carbocycles. The molecular weight excluding hydrogens is 235 g/mol. The van der Waals surface area contributed by atoms with Gasteiger partial charge in [-0.05, 0) is 19.5 Å². The number of aromatic nitrogens is 1. The lowest BCUT2D eigenvalue weighted by Gasteiger charge is -2.17. The maximum absolute atomic E-state index is 5.64. The smallest absolute Gasteiger partial charge is 0.0993 e. The maximum Gasteiger partial charge on any atom is 0.0993 e. The van der Waals surface area contributed by atoms with Gasteiger partial charge in [-0.3, -0.25) is 4.98 Å². The highest BCUT2D eigenvalue weighted by atomic mass is 35.5.